The molecule has 1 N–H and O–H groups in total. The lowest BCUT2D eigenvalue weighted by atomic mass is 10.1. The number of aromatic nitrogens is 2. The number of benzene rings is 4. The summed E-state index contributed by atoms with van der Waals surface area (Å²) in [5, 5.41) is 12.8. The zero-order valence-electron chi connectivity index (χ0n) is 14.0. The second-order valence-electron chi connectivity index (χ2n) is 6.31. The molecule has 1 aromatic heterocycles. The minimum absolute atomic E-state index is 0.233. The van der Waals surface area contributed by atoms with E-state index in [1.54, 1.807) is 6.07 Å². The molecule has 5 aromatic rings. The van der Waals surface area contributed by atoms with Crippen molar-refractivity contribution in [2.75, 3.05) is 0 Å². The number of nitrogens with zero attached hydrogens (tertiary/aromatic N) is 2. The summed E-state index contributed by atoms with van der Waals surface area (Å²) in [4.78, 5) is 4.83. The Labute approximate surface area is 150 Å². The van der Waals surface area contributed by atoms with Crippen LogP contribution < -0.4 is 0 Å². The van der Waals surface area contributed by atoms with Gasteiger partial charge in [-0.05, 0) is 47.2 Å². The summed E-state index contributed by atoms with van der Waals surface area (Å²) in [6, 6.07) is 30.0. The summed E-state index contributed by atoms with van der Waals surface area (Å²) >= 11 is 0. The monoisotopic (exact) mass is 336 g/mol. The van der Waals surface area contributed by atoms with Crippen molar-refractivity contribution in [1.29, 1.82) is 0 Å². The molecule has 0 bridgehead atoms. The van der Waals surface area contributed by atoms with E-state index in [4.69, 9.17) is 4.98 Å². The number of hydrogen-bond acceptors (Lipinski definition) is 2. The van der Waals surface area contributed by atoms with Crippen molar-refractivity contribution in [3.8, 4) is 22.8 Å². The fraction of sp³-hybridized carbons (Fsp3) is 0. The van der Waals surface area contributed by atoms with Crippen molar-refractivity contribution in [2.45, 2.75) is 0 Å². The van der Waals surface area contributed by atoms with Crippen LogP contribution >= 0.6 is 0 Å². The Balaban J connectivity index is 1.87. The van der Waals surface area contributed by atoms with E-state index in [1.165, 1.54) is 0 Å². The zero-order chi connectivity index (χ0) is 17.5. The van der Waals surface area contributed by atoms with Gasteiger partial charge in [-0.1, -0.05) is 54.6 Å². The molecule has 0 amide bonds. The molecule has 0 spiro atoms. The van der Waals surface area contributed by atoms with Gasteiger partial charge in [-0.15, -0.1) is 0 Å². The van der Waals surface area contributed by atoms with E-state index in [2.05, 4.69) is 22.8 Å². The Morgan fingerprint density at radius 3 is 2.15 bits per heavy atom. The van der Waals surface area contributed by atoms with E-state index in [-0.39, 0.29) is 5.75 Å². The molecule has 3 nitrogen and oxygen atoms in total. The van der Waals surface area contributed by atoms with E-state index < -0.39 is 0 Å². The number of imidazole rings is 1. The van der Waals surface area contributed by atoms with Crippen molar-refractivity contribution < 1.29 is 5.11 Å². The molecule has 26 heavy (non-hydrogen) atoms. The quantitative estimate of drug-likeness (QED) is 0.459. The highest BCUT2D eigenvalue weighted by Crippen LogP contribution is 2.36. The van der Waals surface area contributed by atoms with Crippen molar-refractivity contribution in [3.63, 3.8) is 0 Å². The van der Waals surface area contributed by atoms with Crippen LogP contribution in [-0.2, 0) is 0 Å². The lowest BCUT2D eigenvalue weighted by Crippen LogP contribution is -1.97. The van der Waals surface area contributed by atoms with Gasteiger partial charge < -0.3 is 5.11 Å². The first-order valence-corrected chi connectivity index (χ1v) is 8.56. The highest BCUT2D eigenvalue weighted by atomic mass is 16.3. The van der Waals surface area contributed by atoms with E-state index >= 15 is 0 Å². The minimum atomic E-state index is 0.233. The fourth-order valence-corrected chi connectivity index (χ4v) is 3.45. The molecule has 0 aliphatic rings. The van der Waals surface area contributed by atoms with Gasteiger partial charge in [0.15, 0.2) is 0 Å². The first-order chi connectivity index (χ1) is 12.8. The third-order valence-corrected chi connectivity index (χ3v) is 4.68. The van der Waals surface area contributed by atoms with Gasteiger partial charge in [-0.2, -0.15) is 0 Å². The first-order valence-electron chi connectivity index (χ1n) is 8.56. The maximum absolute atomic E-state index is 10.7. The van der Waals surface area contributed by atoms with Crippen LogP contribution in [0, 0.1) is 0 Å². The molecule has 0 unspecified atom stereocenters. The molecule has 0 aliphatic carbocycles. The number of phenols is 1. The highest BCUT2D eigenvalue weighted by molar-refractivity contribution is 5.92. The molecule has 0 saturated heterocycles. The Hall–Kier alpha value is -3.59. The first kappa shape index (κ1) is 14.7. The number of fused-ring (bicyclic) bond motifs is 2. The number of rotatable bonds is 2. The van der Waals surface area contributed by atoms with Crippen LogP contribution in [-0.4, -0.2) is 14.7 Å². The molecule has 0 fully saturated rings. The molecule has 3 heteroatoms. The molecule has 4 aromatic carbocycles. The SMILES string of the molecule is Oc1cc2ccccc2cc1-c1nc2ccccc2n1-c1ccccc1. The van der Waals surface area contributed by atoms with E-state index in [0.29, 0.717) is 0 Å². The van der Waals surface area contributed by atoms with Crippen molar-refractivity contribution in [1.82, 2.24) is 9.55 Å². The van der Waals surface area contributed by atoms with Crippen molar-refractivity contribution in [2.24, 2.45) is 0 Å². The summed E-state index contributed by atoms with van der Waals surface area (Å²) in [6.45, 7) is 0. The van der Waals surface area contributed by atoms with E-state index in [1.807, 2.05) is 66.7 Å². The van der Waals surface area contributed by atoms with Crippen LogP contribution in [0.3, 0.4) is 0 Å². The van der Waals surface area contributed by atoms with Gasteiger partial charge >= 0.3 is 0 Å². The summed E-state index contributed by atoms with van der Waals surface area (Å²) in [5.41, 5.74) is 3.66. The summed E-state index contributed by atoms with van der Waals surface area (Å²) < 4.78 is 2.10. The second-order valence-corrected chi connectivity index (χ2v) is 6.31. The normalized spacial score (nSPS) is 11.2. The standard InChI is InChI=1S/C23H16N2O/c26-22-15-17-9-5-4-8-16(17)14-19(22)23-24-20-12-6-7-13-21(20)25(23)18-10-2-1-3-11-18/h1-15,26H. The van der Waals surface area contributed by atoms with Gasteiger partial charge in [-0.25, -0.2) is 4.98 Å². The van der Waals surface area contributed by atoms with Gasteiger partial charge in [0.05, 0.1) is 16.6 Å². The Morgan fingerprint density at radius 2 is 1.35 bits per heavy atom. The van der Waals surface area contributed by atoms with Crippen LogP contribution in [0.15, 0.2) is 91.0 Å². The molecule has 0 saturated carbocycles. The molecule has 0 atom stereocenters. The summed E-state index contributed by atoms with van der Waals surface area (Å²) in [6.07, 6.45) is 0. The van der Waals surface area contributed by atoms with Crippen LogP contribution in [0.2, 0.25) is 0 Å². The fourth-order valence-electron chi connectivity index (χ4n) is 3.45. The summed E-state index contributed by atoms with van der Waals surface area (Å²) in [7, 11) is 0. The highest BCUT2D eigenvalue weighted by Gasteiger charge is 2.17. The Morgan fingerprint density at radius 1 is 0.692 bits per heavy atom. The molecule has 1 heterocycles. The van der Waals surface area contributed by atoms with Gasteiger partial charge in [0, 0.05) is 5.69 Å². The largest absolute Gasteiger partial charge is 0.507 e. The third kappa shape index (κ3) is 2.25. The third-order valence-electron chi connectivity index (χ3n) is 4.68. The lowest BCUT2D eigenvalue weighted by Gasteiger charge is -2.11. The van der Waals surface area contributed by atoms with E-state index in [9.17, 15) is 5.11 Å². The maximum Gasteiger partial charge on any atom is 0.149 e. The molecular weight excluding hydrogens is 320 g/mol. The smallest absolute Gasteiger partial charge is 0.149 e. The molecule has 5 rings (SSSR count). The van der Waals surface area contributed by atoms with Gasteiger partial charge in [-0.3, -0.25) is 4.57 Å². The Kier molecular flexibility index (Phi) is 3.25. The van der Waals surface area contributed by atoms with Crippen LogP contribution in [0.25, 0.3) is 38.9 Å². The minimum Gasteiger partial charge on any atom is -0.507 e. The predicted octanol–water partition coefficient (Wildman–Crippen LogP) is 5.55. The van der Waals surface area contributed by atoms with Crippen molar-refractivity contribution in [3.05, 3.63) is 91.0 Å². The maximum atomic E-state index is 10.7. The molecule has 0 aliphatic heterocycles. The summed E-state index contributed by atoms with van der Waals surface area (Å²) in [5.74, 6) is 0.969. The topological polar surface area (TPSA) is 38.1 Å². The number of hydrogen-bond donors (Lipinski definition) is 1. The zero-order valence-corrected chi connectivity index (χ0v) is 14.0. The van der Waals surface area contributed by atoms with Gasteiger partial charge in [0.1, 0.15) is 11.6 Å². The number of para-hydroxylation sites is 3. The van der Waals surface area contributed by atoms with Gasteiger partial charge in [0.2, 0.25) is 0 Å². The van der Waals surface area contributed by atoms with Crippen LogP contribution in [0.1, 0.15) is 0 Å². The molecule has 0 radical (unpaired) electrons. The number of aromatic hydroxyl groups is 1. The molecular formula is C23H16N2O. The molecule has 124 valence electrons. The average molecular weight is 336 g/mol. The Bertz CT molecular complexity index is 1240. The number of phenolic OH excluding ortho intramolecular Hbond substituents is 1. The predicted molar refractivity (Wildman–Crippen MR) is 106 cm³/mol. The lowest BCUT2D eigenvalue weighted by molar-refractivity contribution is 0.477. The van der Waals surface area contributed by atoms with Crippen LogP contribution in [0.5, 0.6) is 5.75 Å². The van der Waals surface area contributed by atoms with Gasteiger partial charge in [0.25, 0.3) is 0 Å². The van der Waals surface area contributed by atoms with E-state index in [0.717, 1.165) is 38.9 Å². The van der Waals surface area contributed by atoms with Crippen molar-refractivity contribution >= 4 is 21.8 Å². The average Bonchev–Trinajstić information content (AvgIpc) is 3.07. The second kappa shape index (κ2) is 5.74. The van der Waals surface area contributed by atoms with Crippen LogP contribution in [0.4, 0.5) is 0 Å².